The molecule has 0 amide bonds. The fourth-order valence-electron chi connectivity index (χ4n) is 2.05. The van der Waals surface area contributed by atoms with Crippen LogP contribution in [0.15, 0.2) is 0 Å². The third kappa shape index (κ3) is 2.98. The molecular formula is C11H21NO2. The molecule has 0 aromatic rings. The van der Waals surface area contributed by atoms with E-state index >= 15 is 0 Å². The van der Waals surface area contributed by atoms with Crippen LogP contribution in [0.25, 0.3) is 0 Å². The van der Waals surface area contributed by atoms with Gasteiger partial charge >= 0.3 is 5.97 Å². The van der Waals surface area contributed by atoms with Crippen molar-refractivity contribution < 1.29 is 9.53 Å². The van der Waals surface area contributed by atoms with Crippen LogP contribution in [0, 0.1) is 5.92 Å². The van der Waals surface area contributed by atoms with Crippen molar-refractivity contribution in [3.05, 3.63) is 0 Å². The molecule has 14 heavy (non-hydrogen) atoms. The van der Waals surface area contributed by atoms with Crippen molar-refractivity contribution in [3.63, 3.8) is 0 Å². The van der Waals surface area contributed by atoms with Gasteiger partial charge in [-0.05, 0) is 25.8 Å². The van der Waals surface area contributed by atoms with Crippen LogP contribution in [0.3, 0.4) is 0 Å². The second kappa shape index (κ2) is 5.35. The van der Waals surface area contributed by atoms with Crippen LogP contribution in [-0.4, -0.2) is 37.1 Å². The number of hydrogen-bond donors (Lipinski definition) is 0. The summed E-state index contributed by atoms with van der Waals surface area (Å²) in [5.41, 5.74) is 0. The Morgan fingerprint density at radius 1 is 1.64 bits per heavy atom. The minimum Gasteiger partial charge on any atom is -0.469 e. The molecule has 0 aromatic carbocycles. The third-order valence-electron chi connectivity index (χ3n) is 3.21. The summed E-state index contributed by atoms with van der Waals surface area (Å²) in [4.78, 5) is 13.5. The second-order valence-electron chi connectivity index (χ2n) is 4.19. The minimum absolute atomic E-state index is 0.0996. The predicted octanol–water partition coefficient (Wildman–Crippen LogP) is 1.67. The van der Waals surface area contributed by atoms with Crippen LogP contribution in [0.5, 0.6) is 0 Å². The molecule has 2 atom stereocenters. The predicted molar refractivity (Wildman–Crippen MR) is 56.1 cm³/mol. The SMILES string of the molecule is CCC1CCN(C(C)CC(=O)OC)C1. The Morgan fingerprint density at radius 3 is 2.86 bits per heavy atom. The molecule has 1 heterocycles. The van der Waals surface area contributed by atoms with E-state index in [2.05, 4.69) is 23.5 Å². The standard InChI is InChI=1S/C11H21NO2/c1-4-10-5-6-12(8-10)9(2)7-11(13)14-3/h9-10H,4-8H2,1-3H3. The first kappa shape index (κ1) is 11.5. The van der Waals surface area contributed by atoms with Crippen molar-refractivity contribution in [2.24, 2.45) is 5.92 Å². The van der Waals surface area contributed by atoms with Gasteiger partial charge in [0.2, 0.25) is 0 Å². The van der Waals surface area contributed by atoms with E-state index < -0.39 is 0 Å². The van der Waals surface area contributed by atoms with E-state index in [-0.39, 0.29) is 5.97 Å². The summed E-state index contributed by atoms with van der Waals surface area (Å²) < 4.78 is 4.67. The molecule has 2 unspecified atom stereocenters. The molecular weight excluding hydrogens is 178 g/mol. The fraction of sp³-hybridized carbons (Fsp3) is 0.909. The third-order valence-corrected chi connectivity index (χ3v) is 3.21. The first-order valence-corrected chi connectivity index (χ1v) is 5.48. The van der Waals surface area contributed by atoms with Crippen molar-refractivity contribution in [1.29, 1.82) is 0 Å². The van der Waals surface area contributed by atoms with Crippen LogP contribution in [0.2, 0.25) is 0 Å². The maximum atomic E-state index is 11.1. The Kier molecular flexibility index (Phi) is 4.39. The van der Waals surface area contributed by atoms with E-state index in [0.29, 0.717) is 12.5 Å². The van der Waals surface area contributed by atoms with Gasteiger partial charge < -0.3 is 4.74 Å². The number of hydrogen-bond acceptors (Lipinski definition) is 3. The summed E-state index contributed by atoms with van der Waals surface area (Å²) in [7, 11) is 1.45. The average Bonchev–Trinajstić information content (AvgIpc) is 2.65. The molecule has 0 spiro atoms. The lowest BCUT2D eigenvalue weighted by Gasteiger charge is -2.23. The highest BCUT2D eigenvalue weighted by Crippen LogP contribution is 2.22. The van der Waals surface area contributed by atoms with E-state index in [1.54, 1.807) is 0 Å². The van der Waals surface area contributed by atoms with Gasteiger partial charge in [0.15, 0.2) is 0 Å². The number of nitrogens with zero attached hydrogens (tertiary/aromatic N) is 1. The molecule has 0 N–H and O–H groups in total. The van der Waals surface area contributed by atoms with Gasteiger partial charge in [0.05, 0.1) is 13.5 Å². The summed E-state index contributed by atoms with van der Waals surface area (Å²) >= 11 is 0. The number of methoxy groups -OCH3 is 1. The molecule has 0 saturated carbocycles. The van der Waals surface area contributed by atoms with Crippen molar-refractivity contribution in [2.45, 2.75) is 39.2 Å². The molecule has 0 bridgehead atoms. The number of likely N-dealkylation sites (tertiary alicyclic amines) is 1. The highest BCUT2D eigenvalue weighted by molar-refractivity contribution is 5.69. The number of carbonyl (C=O) groups excluding carboxylic acids is 1. The van der Waals surface area contributed by atoms with Crippen LogP contribution in [0.4, 0.5) is 0 Å². The van der Waals surface area contributed by atoms with Gasteiger partial charge in [-0.15, -0.1) is 0 Å². The summed E-state index contributed by atoms with van der Waals surface area (Å²) in [6.07, 6.45) is 3.05. The van der Waals surface area contributed by atoms with E-state index in [0.717, 1.165) is 19.0 Å². The Hall–Kier alpha value is -0.570. The first-order valence-electron chi connectivity index (χ1n) is 5.48. The smallest absolute Gasteiger partial charge is 0.307 e. The van der Waals surface area contributed by atoms with Crippen molar-refractivity contribution >= 4 is 5.97 Å². The molecule has 3 nitrogen and oxygen atoms in total. The number of carbonyl (C=O) groups is 1. The van der Waals surface area contributed by atoms with Gasteiger partial charge in [0.1, 0.15) is 0 Å². The highest BCUT2D eigenvalue weighted by Gasteiger charge is 2.25. The molecule has 1 aliphatic heterocycles. The molecule has 1 saturated heterocycles. The van der Waals surface area contributed by atoms with E-state index in [1.165, 1.54) is 20.0 Å². The molecule has 82 valence electrons. The van der Waals surface area contributed by atoms with Crippen LogP contribution in [-0.2, 0) is 9.53 Å². The van der Waals surface area contributed by atoms with Gasteiger partial charge in [0.25, 0.3) is 0 Å². The Labute approximate surface area is 86.4 Å². The Balaban J connectivity index is 2.31. The van der Waals surface area contributed by atoms with Crippen LogP contribution >= 0.6 is 0 Å². The average molecular weight is 199 g/mol. The Morgan fingerprint density at radius 2 is 2.36 bits per heavy atom. The summed E-state index contributed by atoms with van der Waals surface area (Å²) in [5.74, 6) is 0.729. The number of esters is 1. The van der Waals surface area contributed by atoms with Gasteiger partial charge in [-0.25, -0.2) is 0 Å². The summed E-state index contributed by atoms with van der Waals surface area (Å²) in [5, 5.41) is 0. The molecule has 1 aliphatic rings. The lowest BCUT2D eigenvalue weighted by Crippen LogP contribution is -2.33. The van der Waals surface area contributed by atoms with E-state index in [9.17, 15) is 4.79 Å². The fourth-order valence-corrected chi connectivity index (χ4v) is 2.05. The lowest BCUT2D eigenvalue weighted by molar-refractivity contribution is -0.141. The van der Waals surface area contributed by atoms with E-state index in [4.69, 9.17) is 0 Å². The topological polar surface area (TPSA) is 29.5 Å². The molecule has 1 rings (SSSR count). The van der Waals surface area contributed by atoms with E-state index in [1.807, 2.05) is 0 Å². The second-order valence-corrected chi connectivity index (χ2v) is 4.19. The summed E-state index contributed by atoms with van der Waals surface area (Å²) in [6, 6.07) is 0.332. The minimum atomic E-state index is -0.0996. The zero-order valence-electron chi connectivity index (χ0n) is 9.45. The van der Waals surface area contributed by atoms with Crippen molar-refractivity contribution in [1.82, 2.24) is 4.90 Å². The maximum absolute atomic E-state index is 11.1. The molecule has 0 radical (unpaired) electrons. The van der Waals surface area contributed by atoms with Crippen LogP contribution in [0.1, 0.15) is 33.1 Å². The number of ether oxygens (including phenoxy) is 1. The van der Waals surface area contributed by atoms with Crippen molar-refractivity contribution in [2.75, 3.05) is 20.2 Å². The highest BCUT2D eigenvalue weighted by atomic mass is 16.5. The zero-order valence-corrected chi connectivity index (χ0v) is 9.45. The molecule has 0 aromatic heterocycles. The monoisotopic (exact) mass is 199 g/mol. The number of rotatable bonds is 4. The van der Waals surface area contributed by atoms with Crippen LogP contribution < -0.4 is 0 Å². The summed E-state index contributed by atoms with van der Waals surface area (Å²) in [6.45, 7) is 6.62. The molecule has 0 aliphatic carbocycles. The normalized spacial score (nSPS) is 24.9. The largest absolute Gasteiger partial charge is 0.469 e. The zero-order chi connectivity index (χ0) is 10.6. The lowest BCUT2D eigenvalue weighted by atomic mass is 10.1. The van der Waals surface area contributed by atoms with Gasteiger partial charge in [-0.1, -0.05) is 13.3 Å². The van der Waals surface area contributed by atoms with Gasteiger partial charge in [-0.2, -0.15) is 0 Å². The Bertz CT molecular complexity index is 194. The first-order chi connectivity index (χ1) is 6.67. The molecule has 3 heteroatoms. The maximum Gasteiger partial charge on any atom is 0.307 e. The van der Waals surface area contributed by atoms with Gasteiger partial charge in [-0.3, -0.25) is 9.69 Å². The van der Waals surface area contributed by atoms with Crippen molar-refractivity contribution in [3.8, 4) is 0 Å². The molecule has 1 fully saturated rings. The van der Waals surface area contributed by atoms with Gasteiger partial charge in [0, 0.05) is 12.6 Å². The quantitative estimate of drug-likeness (QED) is 0.645.